The Morgan fingerprint density at radius 3 is 2.46 bits per heavy atom. The van der Waals surface area contributed by atoms with Crippen LogP contribution in [0.25, 0.3) is 0 Å². The van der Waals surface area contributed by atoms with Crippen LogP contribution in [0.1, 0.15) is 65.3 Å². The van der Waals surface area contributed by atoms with Gasteiger partial charge in [0.1, 0.15) is 11.9 Å². The molecule has 3 fully saturated rings. The lowest BCUT2D eigenvalue weighted by molar-refractivity contribution is -0.00196. The maximum absolute atomic E-state index is 13.6. The molecule has 9 heteroatoms. The number of amides is 1. The molecule has 41 heavy (non-hydrogen) atoms. The Labute approximate surface area is 244 Å². The highest BCUT2D eigenvalue weighted by Crippen LogP contribution is 2.36. The number of rotatable bonds is 9. The molecule has 2 saturated heterocycles. The fraction of sp³-hybridized carbons (Fsp3) is 0.625. The molecular weight excluding hydrogens is 518 g/mol. The molecule has 0 unspecified atom stereocenters. The Bertz CT molecular complexity index is 1270. The number of aryl methyl sites for hydroxylation is 2. The van der Waals surface area contributed by atoms with Crippen molar-refractivity contribution in [2.45, 2.75) is 78.1 Å². The predicted octanol–water partition coefficient (Wildman–Crippen LogP) is 3.39. The highest BCUT2D eigenvalue weighted by Gasteiger charge is 2.36. The first-order chi connectivity index (χ1) is 19.7. The van der Waals surface area contributed by atoms with Crippen LogP contribution in [-0.2, 0) is 11.3 Å². The largest absolute Gasteiger partial charge is 0.490 e. The van der Waals surface area contributed by atoms with Crippen LogP contribution in [0.4, 0.5) is 5.69 Å². The van der Waals surface area contributed by atoms with Gasteiger partial charge in [-0.2, -0.15) is 0 Å². The normalized spacial score (nSPS) is 22.3. The molecule has 2 aliphatic heterocycles. The third kappa shape index (κ3) is 6.79. The zero-order valence-corrected chi connectivity index (χ0v) is 25.4. The average Bonchev–Trinajstić information content (AvgIpc) is 2.93. The second-order valence-electron chi connectivity index (χ2n) is 12.1. The molecule has 224 valence electrons. The topological polar surface area (TPSA) is 90.1 Å². The van der Waals surface area contributed by atoms with E-state index < -0.39 is 0 Å². The first-order valence-corrected chi connectivity index (χ1v) is 15.3. The van der Waals surface area contributed by atoms with Gasteiger partial charge >= 0.3 is 0 Å². The minimum Gasteiger partial charge on any atom is -0.490 e. The van der Waals surface area contributed by atoms with E-state index in [2.05, 4.69) is 45.0 Å². The smallest absolute Gasteiger partial charge is 0.253 e. The zero-order chi connectivity index (χ0) is 29.1. The standard InChI is InChI=1S/C32H47N5O4/c1-6-37(24-7-13-40-14-8-24)30-19-27(41-26-16-25(17-26)36-11-9-35(5)10-12-36)18-28(23(30)4)31(38)33-20-29-21(2)15-22(3)34-32(29)39/h15,18-19,24-26H,6-14,16-17,20H2,1-5H3,(H,33,38)(H,34,39)/t25-,26-. The molecule has 1 aromatic carbocycles. The van der Waals surface area contributed by atoms with Crippen molar-refractivity contribution in [1.82, 2.24) is 20.1 Å². The van der Waals surface area contributed by atoms with Gasteiger partial charge in [0, 0.05) is 106 Å². The summed E-state index contributed by atoms with van der Waals surface area (Å²) in [6, 6.07) is 6.89. The number of hydrogen-bond donors (Lipinski definition) is 2. The van der Waals surface area contributed by atoms with E-state index in [0.29, 0.717) is 23.2 Å². The molecule has 2 aromatic rings. The summed E-state index contributed by atoms with van der Waals surface area (Å²) in [4.78, 5) is 36.4. The van der Waals surface area contributed by atoms with Crippen molar-refractivity contribution >= 4 is 11.6 Å². The number of aromatic nitrogens is 1. The molecular formula is C32H47N5O4. The van der Waals surface area contributed by atoms with Gasteiger partial charge in [0.2, 0.25) is 0 Å². The lowest BCUT2D eigenvalue weighted by Crippen LogP contribution is -2.55. The van der Waals surface area contributed by atoms with Gasteiger partial charge in [0.15, 0.2) is 0 Å². The third-order valence-electron chi connectivity index (χ3n) is 9.23. The van der Waals surface area contributed by atoms with Gasteiger partial charge < -0.3 is 29.6 Å². The van der Waals surface area contributed by atoms with Gasteiger partial charge in [0.05, 0.1) is 0 Å². The number of pyridine rings is 1. The summed E-state index contributed by atoms with van der Waals surface area (Å²) in [6.07, 6.45) is 4.11. The Kier molecular flexibility index (Phi) is 9.36. The Balaban J connectivity index is 1.36. The summed E-state index contributed by atoms with van der Waals surface area (Å²) in [5.74, 6) is 0.549. The number of nitrogens with zero attached hydrogens (tertiary/aromatic N) is 3. The summed E-state index contributed by atoms with van der Waals surface area (Å²) < 4.78 is 12.2. The number of carbonyl (C=O) groups is 1. The number of piperazine rings is 1. The first-order valence-electron chi connectivity index (χ1n) is 15.3. The number of hydrogen-bond acceptors (Lipinski definition) is 7. The summed E-state index contributed by atoms with van der Waals surface area (Å²) in [5.41, 5.74) is 4.68. The zero-order valence-electron chi connectivity index (χ0n) is 25.4. The van der Waals surface area contributed by atoms with Crippen LogP contribution >= 0.6 is 0 Å². The van der Waals surface area contributed by atoms with Crippen molar-refractivity contribution in [1.29, 1.82) is 0 Å². The second-order valence-corrected chi connectivity index (χ2v) is 12.1. The number of likely N-dealkylation sites (N-methyl/N-ethyl adjacent to an activating group) is 1. The number of nitrogens with one attached hydrogen (secondary N) is 2. The van der Waals surface area contributed by atoms with E-state index in [9.17, 15) is 9.59 Å². The number of benzene rings is 1. The van der Waals surface area contributed by atoms with E-state index in [4.69, 9.17) is 9.47 Å². The third-order valence-corrected chi connectivity index (χ3v) is 9.23. The monoisotopic (exact) mass is 565 g/mol. The highest BCUT2D eigenvalue weighted by atomic mass is 16.5. The summed E-state index contributed by atoms with van der Waals surface area (Å²) in [6.45, 7) is 14.9. The Morgan fingerprint density at radius 2 is 1.80 bits per heavy atom. The van der Waals surface area contributed by atoms with E-state index >= 15 is 0 Å². The van der Waals surface area contributed by atoms with E-state index in [0.717, 1.165) is 99.9 Å². The molecule has 1 amide bonds. The number of H-pyrrole nitrogens is 1. The molecule has 1 aromatic heterocycles. The van der Waals surface area contributed by atoms with Gasteiger partial charge in [-0.25, -0.2) is 0 Å². The maximum atomic E-state index is 13.6. The molecule has 0 radical (unpaired) electrons. The van der Waals surface area contributed by atoms with Crippen LogP contribution in [-0.4, -0.2) is 91.9 Å². The fourth-order valence-electron chi connectivity index (χ4n) is 6.57. The lowest BCUT2D eigenvalue weighted by Gasteiger charge is -2.45. The molecule has 5 rings (SSSR count). The molecule has 0 bridgehead atoms. The molecule has 1 aliphatic carbocycles. The number of carbonyl (C=O) groups excluding carboxylic acids is 1. The summed E-state index contributed by atoms with van der Waals surface area (Å²) in [7, 11) is 2.19. The van der Waals surface area contributed by atoms with Crippen molar-refractivity contribution in [3.63, 3.8) is 0 Å². The number of anilines is 1. The summed E-state index contributed by atoms with van der Waals surface area (Å²) in [5, 5.41) is 3.02. The van der Waals surface area contributed by atoms with Crippen LogP contribution in [0.15, 0.2) is 23.0 Å². The summed E-state index contributed by atoms with van der Waals surface area (Å²) >= 11 is 0. The molecule has 3 heterocycles. The number of aromatic amines is 1. The van der Waals surface area contributed by atoms with Crippen LogP contribution in [0, 0.1) is 20.8 Å². The Morgan fingerprint density at radius 1 is 1.10 bits per heavy atom. The second kappa shape index (κ2) is 13.0. The van der Waals surface area contributed by atoms with Crippen LogP contribution < -0.4 is 20.5 Å². The lowest BCUT2D eigenvalue weighted by atomic mass is 9.87. The van der Waals surface area contributed by atoms with Crippen LogP contribution in [0.3, 0.4) is 0 Å². The Hall–Kier alpha value is -2.88. The van der Waals surface area contributed by atoms with Crippen molar-refractivity contribution in [3.8, 4) is 5.75 Å². The minimum atomic E-state index is -0.194. The first kappa shape index (κ1) is 29.6. The predicted molar refractivity (Wildman–Crippen MR) is 162 cm³/mol. The molecule has 9 nitrogen and oxygen atoms in total. The molecule has 3 aliphatic rings. The van der Waals surface area contributed by atoms with Gasteiger partial charge in [-0.3, -0.25) is 14.5 Å². The van der Waals surface area contributed by atoms with Gasteiger partial charge in [-0.1, -0.05) is 0 Å². The number of ether oxygens (including phenoxy) is 2. The molecule has 2 N–H and O–H groups in total. The quantitative estimate of drug-likeness (QED) is 0.482. The SMILES string of the molecule is CCN(c1cc(O[C@H]2C[C@H](N3CCN(C)CC3)C2)cc(C(=O)NCc2c(C)cc(C)[nH]c2=O)c1C)C1CCOCC1. The maximum Gasteiger partial charge on any atom is 0.253 e. The van der Waals surface area contributed by atoms with Crippen molar-refractivity contribution < 1.29 is 14.3 Å². The van der Waals surface area contributed by atoms with Gasteiger partial charge in [-0.05, 0) is 70.8 Å². The molecule has 0 spiro atoms. The van der Waals surface area contributed by atoms with E-state index in [1.165, 1.54) is 0 Å². The van der Waals surface area contributed by atoms with E-state index in [-0.39, 0.29) is 24.1 Å². The molecule has 1 saturated carbocycles. The highest BCUT2D eigenvalue weighted by molar-refractivity contribution is 5.97. The minimum absolute atomic E-state index is 0.151. The van der Waals surface area contributed by atoms with Crippen molar-refractivity contribution in [3.05, 3.63) is 56.5 Å². The van der Waals surface area contributed by atoms with Crippen LogP contribution in [0.5, 0.6) is 5.75 Å². The van der Waals surface area contributed by atoms with Gasteiger partial charge in [-0.15, -0.1) is 0 Å². The molecule has 0 atom stereocenters. The van der Waals surface area contributed by atoms with Crippen molar-refractivity contribution in [2.24, 2.45) is 0 Å². The van der Waals surface area contributed by atoms with Crippen molar-refractivity contribution in [2.75, 3.05) is 57.9 Å². The average molecular weight is 566 g/mol. The van der Waals surface area contributed by atoms with Crippen LogP contribution in [0.2, 0.25) is 0 Å². The van der Waals surface area contributed by atoms with Gasteiger partial charge in [0.25, 0.3) is 11.5 Å². The van der Waals surface area contributed by atoms with E-state index in [1.54, 1.807) is 0 Å². The fourth-order valence-corrected chi connectivity index (χ4v) is 6.57. The van der Waals surface area contributed by atoms with E-state index in [1.807, 2.05) is 32.9 Å².